The van der Waals surface area contributed by atoms with Crippen molar-refractivity contribution in [2.45, 2.75) is 30.8 Å². The van der Waals surface area contributed by atoms with Gasteiger partial charge in [0, 0.05) is 6.42 Å². The van der Waals surface area contributed by atoms with Crippen molar-refractivity contribution in [3.8, 4) is 0 Å². The first-order valence-corrected chi connectivity index (χ1v) is 6.55. The Balaban J connectivity index is 2.15. The maximum absolute atomic E-state index is 11.0. The molecule has 19 heavy (non-hydrogen) atoms. The van der Waals surface area contributed by atoms with Crippen molar-refractivity contribution >= 4 is 17.3 Å². The number of carboxylic acids is 1. The molecule has 0 aliphatic heterocycles. The second-order valence-corrected chi connectivity index (χ2v) is 5.19. The van der Waals surface area contributed by atoms with Gasteiger partial charge >= 0.3 is 5.97 Å². The van der Waals surface area contributed by atoms with Gasteiger partial charge in [-0.3, -0.25) is 0 Å². The van der Waals surface area contributed by atoms with E-state index in [-0.39, 0.29) is 12.4 Å². The van der Waals surface area contributed by atoms with Gasteiger partial charge in [0.2, 0.25) is 0 Å². The van der Waals surface area contributed by atoms with E-state index in [0.29, 0.717) is 0 Å². The molecule has 2 rings (SSSR count). The maximum atomic E-state index is 11.0. The van der Waals surface area contributed by atoms with E-state index in [4.69, 9.17) is 9.84 Å². The van der Waals surface area contributed by atoms with Crippen LogP contribution in [0.5, 0.6) is 0 Å². The van der Waals surface area contributed by atoms with Crippen LogP contribution in [0.1, 0.15) is 12.0 Å². The summed E-state index contributed by atoms with van der Waals surface area (Å²) >= 11 is 1.48. The normalized spacial score (nSPS) is 30.8. The van der Waals surface area contributed by atoms with Crippen molar-refractivity contribution < 1.29 is 30.0 Å². The average Bonchev–Trinajstić information content (AvgIpc) is 2.85. The summed E-state index contributed by atoms with van der Waals surface area (Å²) in [5.41, 5.74) is -1.36. The number of thiophene rings is 1. The molecule has 6 nitrogen and oxygen atoms in total. The highest BCUT2D eigenvalue weighted by molar-refractivity contribution is 7.07. The van der Waals surface area contributed by atoms with Crippen LogP contribution in [0.15, 0.2) is 28.7 Å². The van der Waals surface area contributed by atoms with Crippen molar-refractivity contribution in [3.63, 3.8) is 0 Å². The zero-order valence-corrected chi connectivity index (χ0v) is 10.7. The molecule has 0 fully saturated rings. The van der Waals surface area contributed by atoms with Gasteiger partial charge in [0.05, 0.1) is 6.10 Å². The Morgan fingerprint density at radius 2 is 2.26 bits per heavy atom. The SMILES string of the molecule is O=C(O)[C@]1(O)C=C(OCc2ccsc2)[C@@H](O)[C@H](O)C1. The summed E-state index contributed by atoms with van der Waals surface area (Å²) in [6, 6.07) is 1.82. The molecule has 7 heteroatoms. The predicted octanol–water partition coefficient (Wildman–Crippen LogP) is 0.0898. The van der Waals surface area contributed by atoms with Gasteiger partial charge < -0.3 is 25.2 Å². The third kappa shape index (κ3) is 2.95. The first kappa shape index (κ1) is 14.0. The molecule has 104 valence electrons. The largest absolute Gasteiger partial charge is 0.491 e. The van der Waals surface area contributed by atoms with Crippen molar-refractivity contribution in [2.24, 2.45) is 0 Å². The lowest BCUT2D eigenvalue weighted by Gasteiger charge is -2.32. The highest BCUT2D eigenvalue weighted by Crippen LogP contribution is 2.29. The Hall–Kier alpha value is -1.41. The molecular formula is C12H14O6S. The van der Waals surface area contributed by atoms with E-state index in [1.54, 1.807) is 0 Å². The minimum atomic E-state index is -2.22. The number of hydrogen-bond donors (Lipinski definition) is 4. The topological polar surface area (TPSA) is 107 Å². The molecule has 0 saturated carbocycles. The Bertz CT molecular complexity index is 482. The fourth-order valence-corrected chi connectivity index (χ4v) is 2.47. The van der Waals surface area contributed by atoms with Crippen LogP contribution in [-0.2, 0) is 16.1 Å². The van der Waals surface area contributed by atoms with Gasteiger partial charge in [-0.05, 0) is 28.5 Å². The molecule has 1 aliphatic rings. The van der Waals surface area contributed by atoms with Crippen molar-refractivity contribution in [1.82, 2.24) is 0 Å². The number of aliphatic hydroxyl groups excluding tert-OH is 2. The van der Waals surface area contributed by atoms with Gasteiger partial charge in [-0.25, -0.2) is 4.79 Å². The lowest BCUT2D eigenvalue weighted by Crippen LogP contribution is -2.48. The van der Waals surface area contributed by atoms with E-state index in [0.717, 1.165) is 11.6 Å². The highest BCUT2D eigenvalue weighted by Gasteiger charge is 2.44. The Morgan fingerprint density at radius 3 is 2.84 bits per heavy atom. The molecule has 1 aromatic heterocycles. The summed E-state index contributed by atoms with van der Waals surface area (Å²) < 4.78 is 5.29. The number of aliphatic carboxylic acids is 1. The van der Waals surface area contributed by atoms with Gasteiger partial charge in [0.25, 0.3) is 0 Å². The van der Waals surface area contributed by atoms with Gasteiger partial charge in [0.15, 0.2) is 5.60 Å². The standard InChI is InChI=1S/C12H14O6S/c13-8-3-12(17,11(15)16)4-9(10(8)14)18-5-7-1-2-19-6-7/h1-2,4,6,8,10,13-14,17H,3,5H2,(H,15,16)/t8-,10+,12-/m1/s1. The summed E-state index contributed by atoms with van der Waals surface area (Å²) in [6.07, 6.45) is -2.25. The molecule has 0 amide bonds. The van der Waals surface area contributed by atoms with Gasteiger partial charge in [-0.15, -0.1) is 0 Å². The summed E-state index contributed by atoms with van der Waals surface area (Å²) in [5, 5.41) is 41.8. The molecule has 0 radical (unpaired) electrons. The minimum Gasteiger partial charge on any atom is -0.491 e. The molecule has 3 atom stereocenters. The summed E-state index contributed by atoms with van der Waals surface area (Å²) in [5.74, 6) is -1.62. The number of carboxylic acid groups (broad SMARTS) is 1. The van der Waals surface area contributed by atoms with Crippen molar-refractivity contribution in [3.05, 3.63) is 34.2 Å². The molecule has 0 bridgehead atoms. The average molecular weight is 286 g/mol. The van der Waals surface area contributed by atoms with E-state index in [1.165, 1.54) is 11.3 Å². The van der Waals surface area contributed by atoms with Crippen LogP contribution < -0.4 is 0 Å². The Kier molecular flexibility index (Phi) is 3.91. The Labute approximate surface area is 113 Å². The molecule has 1 heterocycles. The van der Waals surface area contributed by atoms with Crippen LogP contribution in [0.25, 0.3) is 0 Å². The van der Waals surface area contributed by atoms with E-state index < -0.39 is 30.2 Å². The lowest BCUT2D eigenvalue weighted by atomic mass is 9.86. The molecule has 0 aromatic carbocycles. The number of ether oxygens (including phenoxy) is 1. The van der Waals surface area contributed by atoms with Crippen LogP contribution in [0.4, 0.5) is 0 Å². The third-order valence-corrected chi connectivity index (χ3v) is 3.65. The molecule has 0 spiro atoms. The zero-order valence-electron chi connectivity index (χ0n) is 9.89. The quantitative estimate of drug-likeness (QED) is 0.625. The number of aliphatic hydroxyl groups is 3. The van der Waals surface area contributed by atoms with Crippen LogP contribution in [0.3, 0.4) is 0 Å². The maximum Gasteiger partial charge on any atom is 0.340 e. The second kappa shape index (κ2) is 5.30. The van der Waals surface area contributed by atoms with E-state index in [9.17, 15) is 20.1 Å². The van der Waals surface area contributed by atoms with Gasteiger partial charge in [-0.1, -0.05) is 0 Å². The van der Waals surface area contributed by atoms with Crippen LogP contribution in [-0.4, -0.2) is 44.2 Å². The number of rotatable bonds is 4. The van der Waals surface area contributed by atoms with Crippen molar-refractivity contribution in [1.29, 1.82) is 0 Å². The predicted molar refractivity (Wildman–Crippen MR) is 66.4 cm³/mol. The first-order chi connectivity index (χ1) is 8.92. The Morgan fingerprint density at radius 1 is 1.53 bits per heavy atom. The lowest BCUT2D eigenvalue weighted by molar-refractivity contribution is -0.160. The van der Waals surface area contributed by atoms with E-state index >= 15 is 0 Å². The first-order valence-electron chi connectivity index (χ1n) is 5.61. The fraction of sp³-hybridized carbons (Fsp3) is 0.417. The van der Waals surface area contributed by atoms with Crippen molar-refractivity contribution in [2.75, 3.05) is 0 Å². The summed E-state index contributed by atoms with van der Waals surface area (Å²) in [4.78, 5) is 11.0. The van der Waals surface area contributed by atoms with E-state index in [2.05, 4.69) is 0 Å². The monoisotopic (exact) mass is 286 g/mol. The smallest absolute Gasteiger partial charge is 0.340 e. The molecule has 1 aromatic rings. The molecule has 0 unspecified atom stereocenters. The number of carbonyl (C=O) groups is 1. The molecule has 4 N–H and O–H groups in total. The van der Waals surface area contributed by atoms with Crippen LogP contribution in [0.2, 0.25) is 0 Å². The van der Waals surface area contributed by atoms with Gasteiger partial charge in [-0.2, -0.15) is 11.3 Å². The molecule has 1 aliphatic carbocycles. The minimum absolute atomic E-state index is 0.130. The molecule has 0 saturated heterocycles. The highest BCUT2D eigenvalue weighted by atomic mass is 32.1. The fourth-order valence-electron chi connectivity index (χ4n) is 1.82. The number of hydrogen-bond acceptors (Lipinski definition) is 6. The van der Waals surface area contributed by atoms with E-state index in [1.807, 2.05) is 16.8 Å². The van der Waals surface area contributed by atoms with Crippen LogP contribution in [0, 0.1) is 0 Å². The summed E-state index contributed by atoms with van der Waals surface area (Å²) in [7, 11) is 0. The van der Waals surface area contributed by atoms with Crippen LogP contribution >= 0.6 is 11.3 Å². The molecular weight excluding hydrogens is 272 g/mol. The zero-order chi connectivity index (χ0) is 14.0. The third-order valence-electron chi connectivity index (χ3n) is 2.91. The van der Waals surface area contributed by atoms with Gasteiger partial charge in [0.1, 0.15) is 18.5 Å². The summed E-state index contributed by atoms with van der Waals surface area (Å²) in [6.45, 7) is 0.134. The second-order valence-electron chi connectivity index (χ2n) is 4.41.